The van der Waals surface area contributed by atoms with Crippen molar-refractivity contribution >= 4 is 28.0 Å². The highest BCUT2D eigenvalue weighted by Gasteiger charge is 2.44. The van der Waals surface area contributed by atoms with Gasteiger partial charge in [0, 0.05) is 7.11 Å². The molecule has 1 rings (SSSR count). The number of amides is 1. The molecule has 3 atom stereocenters. The Balaban J connectivity index is 2.98. The van der Waals surface area contributed by atoms with Crippen LogP contribution in [-0.2, 0) is 14.3 Å². The van der Waals surface area contributed by atoms with Crippen LogP contribution in [0.4, 0.5) is 4.79 Å². The largest absolute Gasteiger partial charge is 0.480 e. The van der Waals surface area contributed by atoms with Gasteiger partial charge in [-0.1, -0.05) is 15.9 Å². The Hall–Kier alpha value is -0.820. The number of piperidine rings is 1. The maximum Gasteiger partial charge on any atom is 0.413 e. The van der Waals surface area contributed by atoms with Gasteiger partial charge in [0.1, 0.15) is 17.9 Å². The summed E-state index contributed by atoms with van der Waals surface area (Å²) in [4.78, 5) is 24.5. The fourth-order valence-electron chi connectivity index (χ4n) is 2.00. The molecular weight excluding hydrogens is 318 g/mol. The van der Waals surface area contributed by atoms with E-state index in [0.29, 0.717) is 12.8 Å². The molecule has 1 N–H and O–H groups in total. The molecule has 0 radical (unpaired) electrons. The highest BCUT2D eigenvalue weighted by Crippen LogP contribution is 2.30. The van der Waals surface area contributed by atoms with Gasteiger partial charge in [-0.05, 0) is 33.6 Å². The van der Waals surface area contributed by atoms with Crippen molar-refractivity contribution in [2.75, 3.05) is 7.11 Å². The monoisotopic (exact) mass is 337 g/mol. The molecular formula is C12H20BrNO5. The van der Waals surface area contributed by atoms with Crippen LogP contribution in [0.25, 0.3) is 0 Å². The average Bonchev–Trinajstić information content (AvgIpc) is 2.25. The van der Waals surface area contributed by atoms with Crippen LogP contribution < -0.4 is 0 Å². The Labute approximate surface area is 121 Å². The number of carbonyl (C=O) groups excluding carboxylic acids is 1. The van der Waals surface area contributed by atoms with E-state index in [1.165, 1.54) is 7.11 Å². The molecule has 19 heavy (non-hydrogen) atoms. The van der Waals surface area contributed by atoms with Crippen LogP contribution in [0.2, 0.25) is 0 Å². The van der Waals surface area contributed by atoms with Gasteiger partial charge in [-0.2, -0.15) is 0 Å². The maximum atomic E-state index is 12.2. The van der Waals surface area contributed by atoms with E-state index >= 15 is 0 Å². The van der Waals surface area contributed by atoms with Gasteiger partial charge >= 0.3 is 12.1 Å². The lowest BCUT2D eigenvalue weighted by molar-refractivity contribution is -0.152. The second-order valence-electron chi connectivity index (χ2n) is 5.46. The normalized spacial score (nSPS) is 28.1. The zero-order chi connectivity index (χ0) is 14.8. The Kier molecular flexibility index (Phi) is 5.20. The van der Waals surface area contributed by atoms with Crippen molar-refractivity contribution in [3.63, 3.8) is 0 Å². The number of ether oxygens (including phenoxy) is 2. The molecule has 0 aromatic carbocycles. The third-order valence-corrected chi connectivity index (χ3v) is 3.68. The lowest BCUT2D eigenvalue weighted by Crippen LogP contribution is -2.58. The second kappa shape index (κ2) is 6.09. The number of carbonyl (C=O) groups is 2. The topological polar surface area (TPSA) is 76.1 Å². The zero-order valence-electron chi connectivity index (χ0n) is 11.6. The van der Waals surface area contributed by atoms with E-state index in [0.717, 1.165) is 4.90 Å². The number of hydrogen-bond acceptors (Lipinski definition) is 4. The number of alkyl halides is 1. The first kappa shape index (κ1) is 16.2. The average molecular weight is 338 g/mol. The van der Waals surface area contributed by atoms with Crippen molar-refractivity contribution in [1.82, 2.24) is 4.90 Å². The molecule has 6 nitrogen and oxygen atoms in total. The number of carboxylic acids is 1. The van der Waals surface area contributed by atoms with Crippen LogP contribution in [0.3, 0.4) is 0 Å². The third-order valence-electron chi connectivity index (χ3n) is 2.77. The zero-order valence-corrected chi connectivity index (χ0v) is 13.1. The Morgan fingerprint density at radius 1 is 1.32 bits per heavy atom. The van der Waals surface area contributed by atoms with E-state index in [4.69, 9.17) is 9.47 Å². The number of aliphatic carboxylic acids is 1. The van der Waals surface area contributed by atoms with Gasteiger partial charge in [0.05, 0.1) is 4.83 Å². The van der Waals surface area contributed by atoms with Crippen LogP contribution in [0, 0.1) is 0 Å². The molecule has 0 bridgehead atoms. The van der Waals surface area contributed by atoms with E-state index in [1.807, 2.05) is 0 Å². The van der Waals surface area contributed by atoms with E-state index in [1.54, 1.807) is 20.8 Å². The molecule has 0 aromatic heterocycles. The van der Waals surface area contributed by atoms with Crippen LogP contribution >= 0.6 is 15.9 Å². The minimum Gasteiger partial charge on any atom is -0.480 e. The molecule has 1 aliphatic rings. The highest BCUT2D eigenvalue weighted by atomic mass is 79.9. The van der Waals surface area contributed by atoms with Gasteiger partial charge in [-0.3, -0.25) is 4.90 Å². The van der Waals surface area contributed by atoms with Gasteiger partial charge in [0.25, 0.3) is 0 Å². The number of rotatable bonds is 2. The lowest BCUT2D eigenvalue weighted by Gasteiger charge is -2.41. The van der Waals surface area contributed by atoms with Crippen LogP contribution in [0.15, 0.2) is 0 Å². The summed E-state index contributed by atoms with van der Waals surface area (Å²) < 4.78 is 10.5. The number of methoxy groups -OCH3 is 1. The number of carboxylic acid groups (broad SMARTS) is 1. The number of hydrogen-bond donors (Lipinski definition) is 1. The van der Waals surface area contributed by atoms with Gasteiger partial charge < -0.3 is 14.6 Å². The summed E-state index contributed by atoms with van der Waals surface area (Å²) in [6.07, 6.45) is -0.334. The van der Waals surface area contributed by atoms with Gasteiger partial charge in [0.15, 0.2) is 0 Å². The standard InChI is InChI=1S/C12H20BrNO5/c1-12(2,3)19-11(17)14-8(10(15)16)6-5-7(13)9(14)18-4/h7-9H,5-6H2,1-4H3,(H,15,16). The van der Waals surface area contributed by atoms with Crippen molar-refractivity contribution in [1.29, 1.82) is 0 Å². The first-order valence-corrected chi connectivity index (χ1v) is 7.00. The maximum absolute atomic E-state index is 12.2. The summed E-state index contributed by atoms with van der Waals surface area (Å²) in [7, 11) is 1.44. The Bertz CT molecular complexity index is 355. The van der Waals surface area contributed by atoms with E-state index in [-0.39, 0.29) is 4.83 Å². The summed E-state index contributed by atoms with van der Waals surface area (Å²) in [6, 6.07) is -0.923. The van der Waals surface area contributed by atoms with Crippen molar-refractivity contribution in [2.24, 2.45) is 0 Å². The molecule has 1 saturated heterocycles. The fourth-order valence-corrected chi connectivity index (χ4v) is 2.73. The Morgan fingerprint density at radius 3 is 2.32 bits per heavy atom. The number of nitrogens with zero attached hydrogens (tertiary/aromatic N) is 1. The smallest absolute Gasteiger partial charge is 0.413 e. The lowest BCUT2D eigenvalue weighted by atomic mass is 10.0. The second-order valence-corrected chi connectivity index (χ2v) is 6.64. The molecule has 110 valence electrons. The van der Waals surface area contributed by atoms with E-state index < -0.39 is 29.9 Å². The molecule has 0 spiro atoms. The van der Waals surface area contributed by atoms with Gasteiger partial charge in [-0.25, -0.2) is 9.59 Å². The van der Waals surface area contributed by atoms with Crippen LogP contribution in [0.5, 0.6) is 0 Å². The molecule has 1 fully saturated rings. The summed E-state index contributed by atoms with van der Waals surface area (Å²) in [5.74, 6) is -1.05. The predicted molar refractivity (Wildman–Crippen MR) is 72.2 cm³/mol. The molecule has 1 aliphatic heterocycles. The van der Waals surface area contributed by atoms with Gasteiger partial charge in [-0.15, -0.1) is 0 Å². The quantitative estimate of drug-likeness (QED) is 0.781. The molecule has 0 aromatic rings. The summed E-state index contributed by atoms with van der Waals surface area (Å²) in [6.45, 7) is 5.20. The van der Waals surface area contributed by atoms with Crippen molar-refractivity contribution in [3.8, 4) is 0 Å². The van der Waals surface area contributed by atoms with Crippen molar-refractivity contribution in [2.45, 2.75) is 56.3 Å². The fraction of sp³-hybridized carbons (Fsp3) is 0.833. The predicted octanol–water partition coefficient (Wildman–Crippen LogP) is 2.21. The highest BCUT2D eigenvalue weighted by molar-refractivity contribution is 9.09. The van der Waals surface area contributed by atoms with Crippen molar-refractivity contribution < 1.29 is 24.2 Å². The number of halogens is 1. The molecule has 7 heteroatoms. The molecule has 1 amide bonds. The van der Waals surface area contributed by atoms with E-state index in [9.17, 15) is 14.7 Å². The first-order valence-electron chi connectivity index (χ1n) is 6.08. The molecule has 3 unspecified atom stereocenters. The molecule has 0 saturated carbocycles. The van der Waals surface area contributed by atoms with E-state index in [2.05, 4.69) is 15.9 Å². The molecule has 0 aliphatic carbocycles. The minimum absolute atomic E-state index is 0.111. The number of likely N-dealkylation sites (tertiary alicyclic amines) is 1. The summed E-state index contributed by atoms with van der Waals surface area (Å²) >= 11 is 3.41. The minimum atomic E-state index is -1.05. The first-order chi connectivity index (χ1) is 8.67. The summed E-state index contributed by atoms with van der Waals surface area (Å²) in [5, 5.41) is 9.24. The SMILES string of the molecule is COC1C(Br)CCC(C(=O)O)N1C(=O)OC(C)(C)C. The van der Waals surface area contributed by atoms with Crippen molar-refractivity contribution in [3.05, 3.63) is 0 Å². The Morgan fingerprint density at radius 2 is 1.89 bits per heavy atom. The summed E-state index contributed by atoms with van der Waals surface area (Å²) in [5.41, 5.74) is -0.683. The van der Waals surface area contributed by atoms with Crippen LogP contribution in [-0.4, -0.2) is 51.9 Å². The van der Waals surface area contributed by atoms with Gasteiger partial charge in [0.2, 0.25) is 0 Å². The third kappa shape index (κ3) is 4.07. The molecule has 1 heterocycles. The van der Waals surface area contributed by atoms with Crippen LogP contribution in [0.1, 0.15) is 33.6 Å².